The SMILES string of the molecule is CCNC(CSC1COC1)C1CCCC1. The number of ether oxygens (including phenoxy) is 1. The van der Waals surface area contributed by atoms with E-state index in [0.29, 0.717) is 0 Å². The molecule has 1 unspecified atom stereocenters. The van der Waals surface area contributed by atoms with Crippen molar-refractivity contribution in [1.29, 1.82) is 0 Å². The normalized spacial score (nSPS) is 25.4. The van der Waals surface area contributed by atoms with Crippen molar-refractivity contribution in [3.05, 3.63) is 0 Å². The summed E-state index contributed by atoms with van der Waals surface area (Å²) in [4.78, 5) is 0. The maximum absolute atomic E-state index is 5.21. The molecule has 0 spiro atoms. The predicted octanol–water partition coefficient (Wildman–Crippen LogP) is 2.29. The van der Waals surface area contributed by atoms with Crippen LogP contribution in [0.4, 0.5) is 0 Å². The Morgan fingerprint density at radius 2 is 2.07 bits per heavy atom. The second kappa shape index (κ2) is 6.12. The van der Waals surface area contributed by atoms with Crippen LogP contribution in [0.25, 0.3) is 0 Å². The number of thioether (sulfide) groups is 1. The maximum Gasteiger partial charge on any atom is 0.0607 e. The highest BCUT2D eigenvalue weighted by molar-refractivity contribution is 8.00. The average molecular weight is 229 g/mol. The molecule has 88 valence electrons. The fourth-order valence-electron chi connectivity index (χ4n) is 2.53. The molecule has 2 rings (SSSR count). The predicted molar refractivity (Wildman–Crippen MR) is 66.5 cm³/mol. The number of hydrogen-bond acceptors (Lipinski definition) is 3. The van der Waals surface area contributed by atoms with Crippen molar-refractivity contribution < 1.29 is 4.74 Å². The second-order valence-corrected chi connectivity index (χ2v) is 6.03. The Morgan fingerprint density at radius 3 is 2.60 bits per heavy atom. The smallest absolute Gasteiger partial charge is 0.0607 e. The van der Waals surface area contributed by atoms with Crippen molar-refractivity contribution in [2.45, 2.75) is 43.9 Å². The van der Waals surface area contributed by atoms with Gasteiger partial charge in [0, 0.05) is 11.8 Å². The average Bonchev–Trinajstić information content (AvgIpc) is 2.66. The van der Waals surface area contributed by atoms with Crippen LogP contribution in [0.1, 0.15) is 32.6 Å². The van der Waals surface area contributed by atoms with Gasteiger partial charge in [-0.3, -0.25) is 0 Å². The zero-order chi connectivity index (χ0) is 10.5. The van der Waals surface area contributed by atoms with Gasteiger partial charge in [-0.15, -0.1) is 0 Å². The molecule has 2 fully saturated rings. The molecule has 1 N–H and O–H groups in total. The van der Waals surface area contributed by atoms with Gasteiger partial charge in [0.15, 0.2) is 0 Å². The van der Waals surface area contributed by atoms with Gasteiger partial charge in [0.25, 0.3) is 0 Å². The van der Waals surface area contributed by atoms with Crippen LogP contribution in [0.5, 0.6) is 0 Å². The van der Waals surface area contributed by atoms with Crippen LogP contribution in [0.2, 0.25) is 0 Å². The summed E-state index contributed by atoms with van der Waals surface area (Å²) in [5.74, 6) is 2.23. The van der Waals surface area contributed by atoms with Crippen LogP contribution in [0.3, 0.4) is 0 Å². The molecule has 1 heterocycles. The molecule has 0 radical (unpaired) electrons. The van der Waals surface area contributed by atoms with Gasteiger partial charge in [0.2, 0.25) is 0 Å². The lowest BCUT2D eigenvalue weighted by Crippen LogP contribution is -2.39. The number of nitrogens with one attached hydrogen (secondary N) is 1. The lowest BCUT2D eigenvalue weighted by atomic mass is 10.00. The Morgan fingerprint density at radius 1 is 1.33 bits per heavy atom. The minimum absolute atomic E-state index is 0.753. The molecular formula is C12H23NOS. The standard InChI is InChI=1S/C12H23NOS/c1-2-13-12(10-5-3-4-6-10)9-15-11-7-14-8-11/h10-13H,2-9H2,1H3. The molecule has 2 aliphatic rings. The third-order valence-electron chi connectivity index (χ3n) is 3.55. The first-order chi connectivity index (χ1) is 7.40. The summed E-state index contributed by atoms with van der Waals surface area (Å²) in [5, 5.41) is 4.45. The van der Waals surface area contributed by atoms with Crippen molar-refractivity contribution in [2.75, 3.05) is 25.5 Å². The van der Waals surface area contributed by atoms with Crippen LogP contribution >= 0.6 is 11.8 Å². The van der Waals surface area contributed by atoms with Gasteiger partial charge >= 0.3 is 0 Å². The highest BCUT2D eigenvalue weighted by atomic mass is 32.2. The summed E-state index contributed by atoms with van der Waals surface area (Å²) < 4.78 is 5.21. The molecule has 1 saturated carbocycles. The van der Waals surface area contributed by atoms with E-state index in [-0.39, 0.29) is 0 Å². The third-order valence-corrected chi connectivity index (χ3v) is 4.85. The van der Waals surface area contributed by atoms with Crippen molar-refractivity contribution in [3.8, 4) is 0 Å². The van der Waals surface area contributed by atoms with E-state index in [1.165, 1.54) is 31.4 Å². The van der Waals surface area contributed by atoms with E-state index >= 15 is 0 Å². The zero-order valence-electron chi connectivity index (χ0n) is 9.71. The van der Waals surface area contributed by atoms with Crippen molar-refractivity contribution in [2.24, 2.45) is 5.92 Å². The highest BCUT2D eigenvalue weighted by Crippen LogP contribution is 2.30. The Hall–Kier alpha value is 0.270. The highest BCUT2D eigenvalue weighted by Gasteiger charge is 2.26. The molecular weight excluding hydrogens is 206 g/mol. The Bertz CT molecular complexity index is 178. The molecule has 0 aromatic heterocycles. The van der Waals surface area contributed by atoms with Gasteiger partial charge in [-0.1, -0.05) is 19.8 Å². The minimum atomic E-state index is 0.753. The van der Waals surface area contributed by atoms with Crippen LogP contribution in [0.15, 0.2) is 0 Å². The van der Waals surface area contributed by atoms with Crippen molar-refractivity contribution in [3.63, 3.8) is 0 Å². The van der Waals surface area contributed by atoms with Gasteiger partial charge in [-0.05, 0) is 25.3 Å². The van der Waals surface area contributed by atoms with E-state index in [0.717, 1.165) is 37.0 Å². The van der Waals surface area contributed by atoms with Crippen LogP contribution in [-0.2, 0) is 4.74 Å². The van der Waals surface area contributed by atoms with Crippen molar-refractivity contribution >= 4 is 11.8 Å². The largest absolute Gasteiger partial charge is 0.379 e. The Labute approximate surface area is 97.5 Å². The molecule has 1 aliphatic heterocycles. The molecule has 1 saturated heterocycles. The third kappa shape index (κ3) is 3.36. The monoisotopic (exact) mass is 229 g/mol. The lowest BCUT2D eigenvalue weighted by Gasteiger charge is -2.29. The topological polar surface area (TPSA) is 21.3 Å². The van der Waals surface area contributed by atoms with Gasteiger partial charge < -0.3 is 10.1 Å². The van der Waals surface area contributed by atoms with E-state index in [1.807, 2.05) is 0 Å². The molecule has 0 aromatic carbocycles. The Kier molecular flexibility index (Phi) is 4.79. The molecule has 0 aromatic rings. The fourth-order valence-corrected chi connectivity index (χ4v) is 3.79. The first-order valence-electron chi connectivity index (χ1n) is 6.33. The molecule has 0 bridgehead atoms. The summed E-state index contributed by atoms with van der Waals surface area (Å²) in [6, 6.07) is 0.753. The molecule has 1 atom stereocenters. The van der Waals surface area contributed by atoms with Crippen molar-refractivity contribution in [1.82, 2.24) is 5.32 Å². The molecule has 0 amide bonds. The minimum Gasteiger partial charge on any atom is -0.379 e. The van der Waals surface area contributed by atoms with E-state index in [1.54, 1.807) is 0 Å². The number of rotatable bonds is 6. The summed E-state index contributed by atoms with van der Waals surface area (Å²) in [6.45, 7) is 5.30. The van der Waals surface area contributed by atoms with Gasteiger partial charge in [-0.25, -0.2) is 0 Å². The first-order valence-corrected chi connectivity index (χ1v) is 7.37. The first kappa shape index (κ1) is 11.7. The maximum atomic E-state index is 5.21. The molecule has 3 heteroatoms. The van der Waals surface area contributed by atoms with E-state index in [4.69, 9.17) is 4.74 Å². The van der Waals surface area contributed by atoms with E-state index in [2.05, 4.69) is 24.0 Å². The quantitative estimate of drug-likeness (QED) is 0.755. The number of hydrogen-bond donors (Lipinski definition) is 1. The van der Waals surface area contributed by atoms with Gasteiger partial charge in [0.1, 0.15) is 0 Å². The van der Waals surface area contributed by atoms with E-state index in [9.17, 15) is 0 Å². The molecule has 2 nitrogen and oxygen atoms in total. The van der Waals surface area contributed by atoms with Crippen LogP contribution < -0.4 is 5.32 Å². The van der Waals surface area contributed by atoms with Gasteiger partial charge in [0.05, 0.1) is 18.5 Å². The summed E-state index contributed by atoms with van der Waals surface area (Å²) >= 11 is 2.11. The van der Waals surface area contributed by atoms with Crippen LogP contribution in [-0.4, -0.2) is 36.8 Å². The zero-order valence-corrected chi connectivity index (χ0v) is 10.5. The fraction of sp³-hybridized carbons (Fsp3) is 1.00. The van der Waals surface area contributed by atoms with Crippen LogP contribution in [0, 0.1) is 5.92 Å². The molecule has 15 heavy (non-hydrogen) atoms. The van der Waals surface area contributed by atoms with E-state index < -0.39 is 0 Å². The second-order valence-electron chi connectivity index (χ2n) is 4.70. The van der Waals surface area contributed by atoms with Gasteiger partial charge in [-0.2, -0.15) is 11.8 Å². The summed E-state index contributed by atoms with van der Waals surface area (Å²) in [6.07, 6.45) is 5.78. The summed E-state index contributed by atoms with van der Waals surface area (Å²) in [7, 11) is 0. The molecule has 1 aliphatic carbocycles. The Balaban J connectivity index is 1.71. The lowest BCUT2D eigenvalue weighted by molar-refractivity contribution is 0.0454. The summed E-state index contributed by atoms with van der Waals surface area (Å²) in [5.41, 5.74) is 0.